The summed E-state index contributed by atoms with van der Waals surface area (Å²) in [6, 6.07) is 22.3. The number of benzene rings is 3. The predicted octanol–water partition coefficient (Wildman–Crippen LogP) is 4.42. The Bertz CT molecular complexity index is 1420. The zero-order valence-electron chi connectivity index (χ0n) is 28.3. The molecule has 0 nitrogen and oxygen atoms in total. The molecular weight excluding hydrogens is 615 g/mol. The molecule has 2 unspecified atom stereocenters. The van der Waals surface area contributed by atoms with E-state index in [1.165, 1.54) is 11.1 Å². The summed E-state index contributed by atoms with van der Waals surface area (Å²) in [5, 5.41) is 0. The van der Waals surface area contributed by atoms with Crippen LogP contribution >= 0.6 is 0 Å². The van der Waals surface area contributed by atoms with Crippen molar-refractivity contribution in [3.05, 3.63) is 110 Å². The van der Waals surface area contributed by atoms with Gasteiger partial charge in [0.15, 0.2) is 0 Å². The van der Waals surface area contributed by atoms with Crippen molar-refractivity contribution in [3.8, 4) is 0 Å². The second-order valence-electron chi connectivity index (χ2n) is 14.2. The minimum Gasteiger partial charge on any atom is -1.00 e. The van der Waals surface area contributed by atoms with Crippen LogP contribution in [0.4, 0.5) is 0 Å². The van der Waals surface area contributed by atoms with Gasteiger partial charge >= 0.3 is 257 Å². The molecule has 0 heterocycles. The molecule has 0 aliphatic heterocycles. The maximum absolute atomic E-state index is 2.90. The molecule has 0 spiro atoms. The van der Waals surface area contributed by atoms with Crippen LogP contribution in [0.15, 0.2) is 65.7 Å². The number of halogens is 2. The first-order valence-corrected chi connectivity index (χ1v) is 24.2. The molecule has 4 heteroatoms. The number of allylic oxidation sites excluding steroid dienone is 2. The fraction of sp³-hybridized carbons (Fsp3) is 0.436. The van der Waals surface area contributed by atoms with E-state index in [1.807, 2.05) is 0 Å². The molecule has 3 aromatic carbocycles. The van der Waals surface area contributed by atoms with Crippen LogP contribution in [-0.2, 0) is 15.8 Å². The van der Waals surface area contributed by atoms with E-state index in [9.17, 15) is 0 Å². The Morgan fingerprint density at radius 1 is 0.581 bits per heavy atom. The standard InChI is InChI=1S/2C16H21.C6H5.CH5Si.2ClH.Ti/c2*1-10(2)13-8-14-6-12(5)7-16(14)15(9-13)11(3)4;1-2-4-6-5-3-1;1-2;;;/h2*6-11H,1-5H3;1-5H;2H2,1H3;2*1H;/p-2. The van der Waals surface area contributed by atoms with E-state index in [0.717, 1.165) is 0 Å². The Balaban J connectivity index is 0.00000253. The van der Waals surface area contributed by atoms with Crippen molar-refractivity contribution >= 4 is 23.4 Å². The average Bonchev–Trinajstić information content (AvgIpc) is 3.45. The van der Waals surface area contributed by atoms with E-state index < -0.39 is 23.2 Å². The van der Waals surface area contributed by atoms with Crippen LogP contribution in [0, 0.1) is 0 Å². The predicted molar refractivity (Wildman–Crippen MR) is 183 cm³/mol. The molecule has 232 valence electrons. The molecule has 0 saturated carbocycles. The topological polar surface area (TPSA) is 0 Å². The van der Waals surface area contributed by atoms with Crippen LogP contribution < -0.4 is 28.7 Å². The van der Waals surface area contributed by atoms with E-state index in [0.29, 0.717) is 32.1 Å². The van der Waals surface area contributed by atoms with Crippen molar-refractivity contribution in [1.29, 1.82) is 0 Å². The smallest absolute Gasteiger partial charge is 1.00 e. The van der Waals surface area contributed by atoms with Gasteiger partial charge in [-0.15, -0.1) is 0 Å². The van der Waals surface area contributed by atoms with Gasteiger partial charge in [0, 0.05) is 0 Å². The maximum Gasteiger partial charge on any atom is -1.00 e. The molecule has 2 aliphatic rings. The summed E-state index contributed by atoms with van der Waals surface area (Å²) in [5.41, 5.74) is 15.9. The summed E-state index contributed by atoms with van der Waals surface area (Å²) in [7, 11) is -0.399. The quantitative estimate of drug-likeness (QED) is 0.313. The van der Waals surface area contributed by atoms with Gasteiger partial charge < -0.3 is 24.8 Å². The summed E-state index contributed by atoms with van der Waals surface area (Å²) < 4.78 is 2.87. The Hall–Kier alpha value is -1.35. The first-order chi connectivity index (χ1) is 19.4. The van der Waals surface area contributed by atoms with Crippen LogP contribution in [0.2, 0.25) is 6.55 Å². The van der Waals surface area contributed by atoms with Crippen molar-refractivity contribution < 1.29 is 40.7 Å². The van der Waals surface area contributed by atoms with Crippen LogP contribution in [0.3, 0.4) is 0 Å². The number of rotatable bonds is 8. The normalized spacial score (nSPS) is 19.0. The molecule has 43 heavy (non-hydrogen) atoms. The average molecular weight is 668 g/mol. The van der Waals surface area contributed by atoms with Crippen LogP contribution in [-0.4, -0.2) is 7.39 Å². The molecular formula is C39H52Cl2SiTi-2. The molecule has 2 aliphatic carbocycles. The molecule has 0 radical (unpaired) electrons. The number of fused-ring (bicyclic) bond motifs is 2. The number of hydrogen-bond acceptors (Lipinski definition) is 0. The van der Waals surface area contributed by atoms with Gasteiger partial charge in [-0.3, -0.25) is 0 Å². The van der Waals surface area contributed by atoms with Crippen LogP contribution in [0.5, 0.6) is 0 Å². The van der Waals surface area contributed by atoms with Gasteiger partial charge in [0.2, 0.25) is 0 Å². The summed E-state index contributed by atoms with van der Waals surface area (Å²) in [6.07, 6.45) is 5.23. The molecule has 5 rings (SSSR count). The van der Waals surface area contributed by atoms with Gasteiger partial charge in [0.1, 0.15) is 0 Å². The largest absolute Gasteiger partial charge is 1.00 e. The summed E-state index contributed by atoms with van der Waals surface area (Å²) in [5.74, 6) is 2.12. The minimum absolute atomic E-state index is 0. The molecule has 0 aromatic heterocycles. The van der Waals surface area contributed by atoms with Crippen LogP contribution in [0.25, 0.3) is 12.2 Å². The first-order valence-electron chi connectivity index (χ1n) is 16.2. The monoisotopic (exact) mass is 666 g/mol. The SMILES string of the molecule is C[SiH2][Ti]([c]1ccccc1)([CH]1C(C)=Cc2c(C(C)C)cc(C(C)C)cc21)[CH]1C(C)=Cc2c(C(C)C)cc(C(C)C)cc21.[Cl-].[Cl-]. The fourth-order valence-electron chi connectivity index (χ4n) is 8.22. The van der Waals surface area contributed by atoms with Gasteiger partial charge in [-0.1, -0.05) is 0 Å². The summed E-state index contributed by atoms with van der Waals surface area (Å²) in [6.45, 7) is 26.7. The zero-order chi connectivity index (χ0) is 29.8. The molecule has 0 N–H and O–H groups in total. The summed E-state index contributed by atoms with van der Waals surface area (Å²) >= 11 is -2.90. The van der Waals surface area contributed by atoms with E-state index >= 15 is 0 Å². The Labute approximate surface area is 280 Å². The Morgan fingerprint density at radius 2 is 0.977 bits per heavy atom. The van der Waals surface area contributed by atoms with Crippen molar-refractivity contribution in [2.75, 3.05) is 0 Å². The molecule has 2 atom stereocenters. The fourth-order valence-corrected chi connectivity index (χ4v) is 28.7. The van der Waals surface area contributed by atoms with E-state index in [1.54, 1.807) is 48.4 Å². The first kappa shape index (κ1) is 36.1. The molecule has 0 amide bonds. The van der Waals surface area contributed by atoms with Crippen molar-refractivity contribution in [2.24, 2.45) is 0 Å². The molecule has 0 fully saturated rings. The minimum atomic E-state index is -2.90. The van der Waals surface area contributed by atoms with Crippen molar-refractivity contribution in [2.45, 2.75) is 108 Å². The Kier molecular flexibility index (Phi) is 11.7. The molecule has 0 bridgehead atoms. The second-order valence-corrected chi connectivity index (χ2v) is 29.0. The van der Waals surface area contributed by atoms with Gasteiger partial charge in [0.05, 0.1) is 0 Å². The van der Waals surface area contributed by atoms with Crippen molar-refractivity contribution in [3.63, 3.8) is 0 Å². The maximum atomic E-state index is 2.68. The van der Waals surface area contributed by atoms with Gasteiger partial charge in [-0.2, -0.15) is 0 Å². The van der Waals surface area contributed by atoms with Crippen molar-refractivity contribution in [1.82, 2.24) is 0 Å². The van der Waals surface area contributed by atoms with Crippen LogP contribution in [0.1, 0.15) is 146 Å². The van der Waals surface area contributed by atoms with Gasteiger partial charge in [-0.05, 0) is 0 Å². The van der Waals surface area contributed by atoms with Gasteiger partial charge in [0.25, 0.3) is 0 Å². The second kappa shape index (κ2) is 14.0. The van der Waals surface area contributed by atoms with Gasteiger partial charge in [-0.25, -0.2) is 0 Å². The number of hydrogen-bond donors (Lipinski definition) is 0. The van der Waals surface area contributed by atoms with E-state index in [2.05, 4.69) is 143 Å². The van der Waals surface area contributed by atoms with E-state index in [-0.39, 0.29) is 24.8 Å². The Morgan fingerprint density at radius 3 is 1.30 bits per heavy atom. The summed E-state index contributed by atoms with van der Waals surface area (Å²) in [4.78, 5) is 0. The zero-order valence-corrected chi connectivity index (χ0v) is 32.8. The third kappa shape index (κ3) is 6.12. The molecule has 0 saturated heterocycles. The third-order valence-electron chi connectivity index (χ3n) is 10.3. The molecule has 3 aromatic rings. The third-order valence-corrected chi connectivity index (χ3v) is 29.8. The van der Waals surface area contributed by atoms with E-state index in [4.69, 9.17) is 0 Å².